The summed E-state index contributed by atoms with van der Waals surface area (Å²) in [5, 5.41) is 0. The fourth-order valence-electron chi connectivity index (χ4n) is 1.56. The molecule has 1 amide bonds. The number of rotatable bonds is 2. The van der Waals surface area contributed by atoms with Gasteiger partial charge in [-0.25, -0.2) is 0 Å². The Balaban J connectivity index is 2.41. The molecule has 1 fully saturated rings. The molecule has 2 N–H and O–H groups in total. The molecule has 0 bridgehead atoms. The second kappa shape index (κ2) is 4.13. The second-order valence-corrected chi connectivity index (χ2v) is 3.18. The van der Waals surface area contributed by atoms with E-state index in [2.05, 4.69) is 10.8 Å². The first-order valence-corrected chi connectivity index (χ1v) is 4.19. The van der Waals surface area contributed by atoms with Crippen LogP contribution in [-0.2, 0) is 4.79 Å². The number of piperidine rings is 1. The lowest BCUT2D eigenvalue weighted by Gasteiger charge is -2.29. The molecule has 1 unspecified atom stereocenters. The van der Waals surface area contributed by atoms with Crippen LogP contribution in [0, 0.1) is 18.3 Å². The molecule has 12 heavy (non-hydrogen) atoms. The van der Waals surface area contributed by atoms with Gasteiger partial charge in [0.25, 0.3) is 0 Å². The largest absolute Gasteiger partial charge is 0.369 e. The summed E-state index contributed by atoms with van der Waals surface area (Å²) in [6.07, 6.45) is 7.11. The minimum atomic E-state index is -0.197. The summed E-state index contributed by atoms with van der Waals surface area (Å²) in [5.41, 5.74) is 5.21. The van der Waals surface area contributed by atoms with Gasteiger partial charge in [-0.2, -0.15) is 0 Å². The topological polar surface area (TPSA) is 46.3 Å². The average Bonchev–Trinajstić information content (AvgIpc) is 2.05. The second-order valence-electron chi connectivity index (χ2n) is 3.18. The Labute approximate surface area is 72.9 Å². The predicted octanol–water partition coefficient (Wildman–Crippen LogP) is -0.183. The van der Waals surface area contributed by atoms with Crippen molar-refractivity contribution in [3.05, 3.63) is 0 Å². The first kappa shape index (κ1) is 9.08. The van der Waals surface area contributed by atoms with Gasteiger partial charge >= 0.3 is 0 Å². The lowest BCUT2D eigenvalue weighted by molar-refractivity contribution is -0.123. The van der Waals surface area contributed by atoms with Gasteiger partial charge in [0.15, 0.2) is 0 Å². The van der Waals surface area contributed by atoms with Gasteiger partial charge in [0.2, 0.25) is 5.91 Å². The van der Waals surface area contributed by atoms with Crippen LogP contribution in [0.4, 0.5) is 0 Å². The summed E-state index contributed by atoms with van der Waals surface area (Å²) in [5.74, 6) is 2.38. The van der Waals surface area contributed by atoms with Gasteiger partial charge in [0.1, 0.15) is 0 Å². The maximum Gasteiger partial charge on any atom is 0.221 e. The van der Waals surface area contributed by atoms with Crippen LogP contribution in [0.2, 0.25) is 0 Å². The number of likely N-dealkylation sites (tertiary alicyclic amines) is 1. The van der Waals surface area contributed by atoms with Gasteiger partial charge in [-0.1, -0.05) is 5.92 Å². The number of carbonyl (C=O) groups is 1. The molecule has 0 aromatic heterocycles. The summed E-state index contributed by atoms with van der Waals surface area (Å²) in [6.45, 7) is 2.36. The molecule has 0 spiro atoms. The van der Waals surface area contributed by atoms with Crippen LogP contribution in [0.5, 0.6) is 0 Å². The first-order chi connectivity index (χ1) is 5.74. The third-order valence-corrected chi connectivity index (χ3v) is 2.22. The van der Waals surface area contributed by atoms with Crippen molar-refractivity contribution in [3.8, 4) is 12.3 Å². The van der Waals surface area contributed by atoms with E-state index in [0.29, 0.717) is 6.54 Å². The number of nitrogens with two attached hydrogens (primary N) is 1. The van der Waals surface area contributed by atoms with E-state index < -0.39 is 0 Å². The molecule has 3 heteroatoms. The maximum absolute atomic E-state index is 10.8. The zero-order valence-electron chi connectivity index (χ0n) is 7.12. The van der Waals surface area contributed by atoms with E-state index in [0.717, 1.165) is 25.9 Å². The Morgan fingerprint density at radius 1 is 1.75 bits per heavy atom. The van der Waals surface area contributed by atoms with E-state index in [1.165, 1.54) is 0 Å². The zero-order chi connectivity index (χ0) is 8.97. The minimum Gasteiger partial charge on any atom is -0.369 e. The molecule has 0 saturated carbocycles. The van der Waals surface area contributed by atoms with Crippen LogP contribution in [0.1, 0.15) is 12.8 Å². The third-order valence-electron chi connectivity index (χ3n) is 2.22. The third kappa shape index (κ3) is 2.24. The zero-order valence-corrected chi connectivity index (χ0v) is 7.12. The number of amides is 1. The molecule has 0 aliphatic carbocycles. The normalized spacial score (nSPS) is 24.8. The van der Waals surface area contributed by atoms with E-state index in [1.807, 2.05) is 0 Å². The Kier molecular flexibility index (Phi) is 3.12. The van der Waals surface area contributed by atoms with Crippen molar-refractivity contribution in [2.45, 2.75) is 12.8 Å². The summed E-state index contributed by atoms with van der Waals surface area (Å²) >= 11 is 0. The van der Waals surface area contributed by atoms with Gasteiger partial charge in [0, 0.05) is 6.54 Å². The highest BCUT2D eigenvalue weighted by Crippen LogP contribution is 2.14. The Bertz CT molecular complexity index is 207. The molecule has 1 atom stereocenters. The summed E-state index contributed by atoms with van der Waals surface area (Å²) in [6, 6.07) is 0. The predicted molar refractivity (Wildman–Crippen MR) is 47.2 cm³/mol. The number of primary amides is 1. The molecule has 1 heterocycles. The van der Waals surface area contributed by atoms with E-state index in [-0.39, 0.29) is 11.8 Å². The minimum absolute atomic E-state index is 0.00657. The monoisotopic (exact) mass is 166 g/mol. The lowest BCUT2D eigenvalue weighted by Crippen LogP contribution is -2.41. The van der Waals surface area contributed by atoms with E-state index in [4.69, 9.17) is 12.2 Å². The van der Waals surface area contributed by atoms with Crippen LogP contribution in [0.3, 0.4) is 0 Å². The molecule has 0 aromatic rings. The van der Waals surface area contributed by atoms with Crippen molar-refractivity contribution >= 4 is 5.91 Å². The van der Waals surface area contributed by atoms with Crippen LogP contribution in [-0.4, -0.2) is 30.4 Å². The van der Waals surface area contributed by atoms with E-state index >= 15 is 0 Å². The fourth-order valence-corrected chi connectivity index (χ4v) is 1.56. The van der Waals surface area contributed by atoms with Gasteiger partial charge in [-0.3, -0.25) is 9.69 Å². The number of terminal acetylenes is 1. The van der Waals surface area contributed by atoms with Crippen molar-refractivity contribution in [2.75, 3.05) is 19.6 Å². The van der Waals surface area contributed by atoms with Gasteiger partial charge in [0.05, 0.1) is 12.5 Å². The standard InChI is InChI=1S/C9H14N2O/c1-2-5-11-6-3-4-8(7-11)9(10)12/h1,8H,3-7H2,(H2,10,12). The number of hydrogen-bond donors (Lipinski definition) is 1. The Morgan fingerprint density at radius 3 is 3.08 bits per heavy atom. The molecule has 1 rings (SSSR count). The summed E-state index contributed by atoms with van der Waals surface area (Å²) in [7, 11) is 0. The van der Waals surface area contributed by atoms with Crippen LogP contribution in [0.15, 0.2) is 0 Å². The first-order valence-electron chi connectivity index (χ1n) is 4.19. The van der Waals surface area contributed by atoms with Crippen molar-refractivity contribution in [3.63, 3.8) is 0 Å². The maximum atomic E-state index is 10.8. The highest BCUT2D eigenvalue weighted by atomic mass is 16.1. The molecule has 1 aliphatic heterocycles. The molecule has 0 radical (unpaired) electrons. The van der Waals surface area contributed by atoms with Crippen LogP contribution in [0.25, 0.3) is 0 Å². The lowest BCUT2D eigenvalue weighted by atomic mass is 9.98. The van der Waals surface area contributed by atoms with E-state index in [9.17, 15) is 4.79 Å². The average molecular weight is 166 g/mol. The van der Waals surface area contributed by atoms with Crippen LogP contribution < -0.4 is 5.73 Å². The van der Waals surface area contributed by atoms with Gasteiger partial charge in [-0.15, -0.1) is 6.42 Å². The molecular weight excluding hydrogens is 152 g/mol. The van der Waals surface area contributed by atoms with Crippen molar-refractivity contribution in [2.24, 2.45) is 11.7 Å². The molecule has 66 valence electrons. The molecule has 3 nitrogen and oxygen atoms in total. The van der Waals surface area contributed by atoms with Crippen molar-refractivity contribution < 1.29 is 4.79 Å². The number of nitrogens with zero attached hydrogens (tertiary/aromatic N) is 1. The van der Waals surface area contributed by atoms with Crippen molar-refractivity contribution in [1.82, 2.24) is 4.90 Å². The molecule has 0 aromatic carbocycles. The highest BCUT2D eigenvalue weighted by Gasteiger charge is 2.22. The fraction of sp³-hybridized carbons (Fsp3) is 0.667. The van der Waals surface area contributed by atoms with Gasteiger partial charge in [-0.05, 0) is 19.4 Å². The van der Waals surface area contributed by atoms with Crippen molar-refractivity contribution in [1.29, 1.82) is 0 Å². The summed E-state index contributed by atoms with van der Waals surface area (Å²) < 4.78 is 0. The highest BCUT2D eigenvalue weighted by molar-refractivity contribution is 5.76. The molecule has 1 aliphatic rings. The Hall–Kier alpha value is -1.01. The smallest absolute Gasteiger partial charge is 0.221 e. The SMILES string of the molecule is C#CCN1CCCC(C(N)=O)C1. The Morgan fingerprint density at radius 2 is 2.50 bits per heavy atom. The summed E-state index contributed by atoms with van der Waals surface area (Å²) in [4.78, 5) is 12.9. The van der Waals surface area contributed by atoms with E-state index in [1.54, 1.807) is 0 Å². The molecular formula is C9H14N2O. The quantitative estimate of drug-likeness (QED) is 0.578. The number of carbonyl (C=O) groups excluding carboxylic acids is 1. The van der Waals surface area contributed by atoms with Gasteiger partial charge < -0.3 is 5.73 Å². The van der Waals surface area contributed by atoms with Crippen LogP contribution >= 0.6 is 0 Å². The number of hydrogen-bond acceptors (Lipinski definition) is 2. The molecule has 1 saturated heterocycles.